The van der Waals surface area contributed by atoms with Gasteiger partial charge in [0, 0.05) is 24.1 Å². The van der Waals surface area contributed by atoms with Crippen LogP contribution in [0.15, 0.2) is 48.6 Å². The smallest absolute Gasteiger partial charge is 0.269 e. The lowest BCUT2D eigenvalue weighted by Crippen LogP contribution is -2.29. The molecule has 0 aromatic heterocycles. The largest absolute Gasteiger partial charge is 0.375 e. The normalized spacial score (nSPS) is 24.2. The van der Waals surface area contributed by atoms with Crippen molar-refractivity contribution in [2.24, 2.45) is 5.92 Å². The van der Waals surface area contributed by atoms with E-state index in [1.165, 1.54) is 18.2 Å². The monoisotopic (exact) mass is 328 g/mol. The molecular formula is C18H14F2N2O2. The Balaban J connectivity index is 1.76. The van der Waals surface area contributed by atoms with Crippen molar-refractivity contribution in [1.29, 1.82) is 0 Å². The number of nitrogens with one attached hydrogen (secondary N) is 1. The van der Waals surface area contributed by atoms with Crippen LogP contribution in [0.2, 0.25) is 0 Å². The van der Waals surface area contributed by atoms with E-state index in [2.05, 4.69) is 5.32 Å². The Morgan fingerprint density at radius 3 is 2.62 bits per heavy atom. The van der Waals surface area contributed by atoms with Gasteiger partial charge < -0.3 is 5.32 Å². The number of non-ortho nitro benzene ring substituents is 1. The lowest BCUT2D eigenvalue weighted by Gasteiger charge is -2.37. The van der Waals surface area contributed by atoms with E-state index in [1.807, 2.05) is 12.2 Å². The number of benzene rings is 2. The van der Waals surface area contributed by atoms with Gasteiger partial charge in [-0.25, -0.2) is 8.78 Å². The van der Waals surface area contributed by atoms with E-state index in [-0.39, 0.29) is 23.6 Å². The van der Waals surface area contributed by atoms with Crippen LogP contribution in [-0.4, -0.2) is 4.92 Å². The Morgan fingerprint density at radius 1 is 1.17 bits per heavy atom. The summed E-state index contributed by atoms with van der Waals surface area (Å²) in [6.07, 6.45) is 4.80. The van der Waals surface area contributed by atoms with Gasteiger partial charge in [0.25, 0.3) is 5.69 Å². The van der Waals surface area contributed by atoms with E-state index in [0.29, 0.717) is 11.3 Å². The molecule has 2 aliphatic rings. The van der Waals surface area contributed by atoms with Crippen LogP contribution in [0.3, 0.4) is 0 Å². The number of fused-ring (bicyclic) bond motifs is 3. The first-order chi connectivity index (χ1) is 11.5. The Labute approximate surface area is 137 Å². The molecule has 0 fully saturated rings. The van der Waals surface area contributed by atoms with Crippen LogP contribution in [0, 0.1) is 27.7 Å². The summed E-state index contributed by atoms with van der Waals surface area (Å²) in [6.45, 7) is 0. The minimum atomic E-state index is -0.615. The Hall–Kier alpha value is -2.76. The van der Waals surface area contributed by atoms with Crippen molar-refractivity contribution in [2.75, 3.05) is 5.32 Å². The molecule has 4 rings (SSSR count). The van der Waals surface area contributed by atoms with Gasteiger partial charge in [-0.15, -0.1) is 0 Å². The van der Waals surface area contributed by atoms with Gasteiger partial charge in [0.05, 0.1) is 16.7 Å². The van der Waals surface area contributed by atoms with Gasteiger partial charge in [-0.05, 0) is 29.5 Å². The standard InChI is InChI=1S/C18H14F2N2O2/c19-11-8-15-13-2-1-3-14(13)17(21-18(15)16(20)9-11)10-4-6-12(7-5-10)22(23)24/h1-2,4-9,13-14,17,21H,3H2/t13-,14+,17+/m1/s1. The van der Waals surface area contributed by atoms with E-state index in [1.54, 1.807) is 12.1 Å². The highest BCUT2D eigenvalue weighted by Crippen LogP contribution is 2.50. The zero-order valence-electron chi connectivity index (χ0n) is 12.6. The second-order valence-corrected chi connectivity index (χ2v) is 6.18. The number of allylic oxidation sites excluding steroid dienone is 2. The average Bonchev–Trinajstić information content (AvgIpc) is 3.04. The van der Waals surface area contributed by atoms with Crippen LogP contribution < -0.4 is 5.32 Å². The molecule has 122 valence electrons. The third-order valence-electron chi connectivity index (χ3n) is 4.85. The van der Waals surface area contributed by atoms with Crippen molar-refractivity contribution in [3.05, 3.63) is 81.4 Å². The highest BCUT2D eigenvalue weighted by molar-refractivity contribution is 5.61. The molecule has 1 N–H and O–H groups in total. The van der Waals surface area contributed by atoms with Gasteiger partial charge in [-0.3, -0.25) is 10.1 Å². The molecule has 0 unspecified atom stereocenters. The number of hydrogen-bond acceptors (Lipinski definition) is 3. The molecule has 0 bridgehead atoms. The fraction of sp³-hybridized carbons (Fsp3) is 0.222. The number of halogens is 2. The van der Waals surface area contributed by atoms with Crippen molar-refractivity contribution >= 4 is 11.4 Å². The summed E-state index contributed by atoms with van der Waals surface area (Å²) in [7, 11) is 0. The lowest BCUT2D eigenvalue weighted by atomic mass is 9.77. The Kier molecular flexibility index (Phi) is 3.33. The van der Waals surface area contributed by atoms with Crippen molar-refractivity contribution in [1.82, 2.24) is 0 Å². The fourth-order valence-electron chi connectivity index (χ4n) is 3.75. The number of rotatable bonds is 2. The zero-order valence-corrected chi connectivity index (χ0v) is 12.6. The molecule has 3 atom stereocenters. The summed E-state index contributed by atoms with van der Waals surface area (Å²) >= 11 is 0. The second-order valence-electron chi connectivity index (χ2n) is 6.18. The second kappa shape index (κ2) is 5.40. The zero-order chi connectivity index (χ0) is 16.8. The molecule has 2 aromatic rings. The molecule has 6 heteroatoms. The Morgan fingerprint density at radius 2 is 1.92 bits per heavy atom. The molecule has 1 aliphatic carbocycles. The van der Waals surface area contributed by atoms with Gasteiger partial charge in [-0.2, -0.15) is 0 Å². The summed E-state index contributed by atoms with van der Waals surface area (Å²) < 4.78 is 27.8. The fourth-order valence-corrected chi connectivity index (χ4v) is 3.75. The highest BCUT2D eigenvalue weighted by atomic mass is 19.1. The van der Waals surface area contributed by atoms with Gasteiger partial charge in [-0.1, -0.05) is 24.3 Å². The average molecular weight is 328 g/mol. The number of nitro benzene ring substituents is 1. The number of anilines is 1. The molecule has 4 nitrogen and oxygen atoms in total. The summed E-state index contributed by atoms with van der Waals surface area (Å²) in [5.41, 5.74) is 1.81. The quantitative estimate of drug-likeness (QED) is 0.494. The molecule has 0 spiro atoms. The van der Waals surface area contributed by atoms with Gasteiger partial charge in [0.1, 0.15) is 11.6 Å². The number of hydrogen-bond donors (Lipinski definition) is 1. The van der Waals surface area contributed by atoms with E-state index in [9.17, 15) is 18.9 Å². The van der Waals surface area contributed by atoms with Gasteiger partial charge >= 0.3 is 0 Å². The van der Waals surface area contributed by atoms with Crippen molar-refractivity contribution < 1.29 is 13.7 Å². The number of nitrogens with zero attached hydrogens (tertiary/aromatic N) is 1. The van der Waals surface area contributed by atoms with Crippen LogP contribution in [0.25, 0.3) is 0 Å². The molecule has 0 amide bonds. The molecular weight excluding hydrogens is 314 g/mol. The summed E-state index contributed by atoms with van der Waals surface area (Å²) in [5, 5.41) is 14.0. The first kappa shape index (κ1) is 14.8. The van der Waals surface area contributed by atoms with E-state index in [4.69, 9.17) is 0 Å². The van der Waals surface area contributed by atoms with Crippen molar-refractivity contribution in [3.8, 4) is 0 Å². The van der Waals surface area contributed by atoms with Crippen LogP contribution in [0.4, 0.5) is 20.2 Å². The first-order valence-electron chi connectivity index (χ1n) is 7.71. The summed E-state index contributed by atoms with van der Waals surface area (Å²) in [4.78, 5) is 10.4. The molecule has 1 aliphatic heterocycles. The molecule has 0 saturated heterocycles. The predicted octanol–water partition coefficient (Wildman–Crippen LogP) is 4.70. The third-order valence-corrected chi connectivity index (χ3v) is 4.85. The molecule has 24 heavy (non-hydrogen) atoms. The maximum atomic E-state index is 14.2. The van der Waals surface area contributed by atoms with Crippen molar-refractivity contribution in [2.45, 2.75) is 18.4 Å². The van der Waals surface area contributed by atoms with Gasteiger partial charge in [0.2, 0.25) is 0 Å². The van der Waals surface area contributed by atoms with Crippen LogP contribution in [0.1, 0.15) is 29.5 Å². The molecule has 1 heterocycles. The minimum Gasteiger partial charge on any atom is -0.375 e. The van der Waals surface area contributed by atoms with E-state index < -0.39 is 16.6 Å². The van der Waals surface area contributed by atoms with Crippen LogP contribution in [0.5, 0.6) is 0 Å². The first-order valence-corrected chi connectivity index (χ1v) is 7.71. The predicted molar refractivity (Wildman–Crippen MR) is 85.8 cm³/mol. The lowest BCUT2D eigenvalue weighted by molar-refractivity contribution is -0.384. The van der Waals surface area contributed by atoms with Gasteiger partial charge in [0.15, 0.2) is 0 Å². The topological polar surface area (TPSA) is 55.2 Å². The SMILES string of the molecule is O=[N+]([O-])c1ccc([C@@H]2Nc3c(F)cc(F)cc3[C@@H]3C=CC[C@@H]32)cc1. The molecule has 0 saturated carbocycles. The molecule has 0 radical (unpaired) electrons. The third kappa shape index (κ3) is 2.26. The maximum absolute atomic E-state index is 14.2. The van der Waals surface area contributed by atoms with Crippen LogP contribution >= 0.6 is 0 Å². The maximum Gasteiger partial charge on any atom is 0.269 e. The molecule has 2 aromatic carbocycles. The highest BCUT2D eigenvalue weighted by Gasteiger charge is 2.39. The van der Waals surface area contributed by atoms with Crippen LogP contribution in [-0.2, 0) is 0 Å². The van der Waals surface area contributed by atoms with E-state index >= 15 is 0 Å². The summed E-state index contributed by atoms with van der Waals surface area (Å²) in [5.74, 6) is -1.14. The number of nitro groups is 1. The van der Waals surface area contributed by atoms with E-state index in [0.717, 1.165) is 18.1 Å². The Bertz CT molecular complexity index is 849. The van der Waals surface area contributed by atoms with Crippen molar-refractivity contribution in [3.63, 3.8) is 0 Å². The minimum absolute atomic E-state index is 0.0179. The summed E-state index contributed by atoms with van der Waals surface area (Å²) in [6, 6.07) is 8.35.